The second-order valence-electron chi connectivity index (χ2n) is 4.13. The molecule has 1 rings (SSSR count). The molecular formula is C14H22O. The molecule has 1 aromatic rings. The van der Waals surface area contributed by atoms with Gasteiger partial charge in [0.2, 0.25) is 0 Å². The predicted octanol–water partition coefficient (Wildman–Crippen LogP) is 3.52. The number of aryl methyl sites for hydroxylation is 1. The third kappa shape index (κ3) is 3.67. The molecule has 0 heterocycles. The van der Waals surface area contributed by atoms with Crippen LogP contribution in [0.3, 0.4) is 0 Å². The van der Waals surface area contributed by atoms with Crippen LogP contribution < -0.4 is 0 Å². The molecule has 0 spiro atoms. The standard InChI is InChI=1S/C14H22O/c1-3-5-6-12-7-9-14(10-8-12)13(4-2)11-15/h7-10,13,15H,3-6,11H2,1-2H3. The van der Waals surface area contributed by atoms with Crippen molar-refractivity contribution in [3.8, 4) is 0 Å². The van der Waals surface area contributed by atoms with Gasteiger partial charge in [0.25, 0.3) is 0 Å². The van der Waals surface area contributed by atoms with Crippen molar-refractivity contribution in [3.63, 3.8) is 0 Å². The lowest BCUT2D eigenvalue weighted by atomic mass is 9.95. The van der Waals surface area contributed by atoms with Gasteiger partial charge in [-0.25, -0.2) is 0 Å². The Hall–Kier alpha value is -0.820. The average Bonchev–Trinajstić information content (AvgIpc) is 2.29. The number of benzene rings is 1. The first kappa shape index (κ1) is 12.3. The van der Waals surface area contributed by atoms with Crippen molar-refractivity contribution in [2.75, 3.05) is 6.61 Å². The lowest BCUT2D eigenvalue weighted by Gasteiger charge is -2.12. The molecule has 0 aromatic heterocycles. The number of rotatable bonds is 6. The molecular weight excluding hydrogens is 184 g/mol. The van der Waals surface area contributed by atoms with Crippen LogP contribution in [0.5, 0.6) is 0 Å². The quantitative estimate of drug-likeness (QED) is 0.755. The van der Waals surface area contributed by atoms with E-state index in [1.807, 2.05) is 0 Å². The lowest BCUT2D eigenvalue weighted by molar-refractivity contribution is 0.262. The van der Waals surface area contributed by atoms with Crippen LogP contribution in [-0.4, -0.2) is 11.7 Å². The summed E-state index contributed by atoms with van der Waals surface area (Å²) in [6.07, 6.45) is 4.68. The van der Waals surface area contributed by atoms with E-state index in [-0.39, 0.29) is 6.61 Å². The molecule has 0 saturated carbocycles. The van der Waals surface area contributed by atoms with Crippen LogP contribution in [0, 0.1) is 0 Å². The smallest absolute Gasteiger partial charge is 0.0499 e. The van der Waals surface area contributed by atoms with Crippen LogP contribution in [-0.2, 0) is 6.42 Å². The van der Waals surface area contributed by atoms with Crippen LogP contribution in [0.1, 0.15) is 50.2 Å². The molecule has 1 aromatic carbocycles. The summed E-state index contributed by atoms with van der Waals surface area (Å²) in [4.78, 5) is 0. The van der Waals surface area contributed by atoms with Crippen LogP contribution >= 0.6 is 0 Å². The summed E-state index contributed by atoms with van der Waals surface area (Å²) >= 11 is 0. The summed E-state index contributed by atoms with van der Waals surface area (Å²) in [6, 6.07) is 8.72. The van der Waals surface area contributed by atoms with Crippen LogP contribution in [0.15, 0.2) is 24.3 Å². The number of hydrogen-bond donors (Lipinski definition) is 1. The number of hydrogen-bond acceptors (Lipinski definition) is 1. The summed E-state index contributed by atoms with van der Waals surface area (Å²) in [6.45, 7) is 4.59. The maximum absolute atomic E-state index is 9.19. The first-order chi connectivity index (χ1) is 7.31. The van der Waals surface area contributed by atoms with E-state index >= 15 is 0 Å². The SMILES string of the molecule is CCCCc1ccc(C(CC)CO)cc1. The fourth-order valence-electron chi connectivity index (χ4n) is 1.81. The van der Waals surface area contributed by atoms with Crippen molar-refractivity contribution in [2.24, 2.45) is 0 Å². The van der Waals surface area contributed by atoms with Crippen molar-refractivity contribution in [2.45, 2.75) is 45.4 Å². The molecule has 0 amide bonds. The highest BCUT2D eigenvalue weighted by Crippen LogP contribution is 2.19. The Morgan fingerprint density at radius 1 is 1.13 bits per heavy atom. The second-order valence-corrected chi connectivity index (χ2v) is 4.13. The van der Waals surface area contributed by atoms with Gasteiger partial charge in [0.05, 0.1) is 0 Å². The van der Waals surface area contributed by atoms with E-state index in [1.54, 1.807) is 0 Å². The highest BCUT2D eigenvalue weighted by atomic mass is 16.3. The summed E-state index contributed by atoms with van der Waals surface area (Å²) in [7, 11) is 0. The van der Waals surface area contributed by atoms with E-state index in [9.17, 15) is 5.11 Å². The summed E-state index contributed by atoms with van der Waals surface area (Å²) in [5.74, 6) is 0.310. The molecule has 1 nitrogen and oxygen atoms in total. The van der Waals surface area contributed by atoms with Crippen LogP contribution in [0.4, 0.5) is 0 Å². The monoisotopic (exact) mass is 206 g/mol. The number of unbranched alkanes of at least 4 members (excludes halogenated alkanes) is 1. The molecule has 1 N–H and O–H groups in total. The van der Waals surface area contributed by atoms with Gasteiger partial charge in [-0.1, -0.05) is 44.5 Å². The normalized spacial score (nSPS) is 12.7. The predicted molar refractivity (Wildman–Crippen MR) is 65.2 cm³/mol. The maximum Gasteiger partial charge on any atom is 0.0499 e. The van der Waals surface area contributed by atoms with E-state index in [2.05, 4.69) is 38.1 Å². The summed E-state index contributed by atoms with van der Waals surface area (Å²) < 4.78 is 0. The molecule has 1 atom stereocenters. The Balaban J connectivity index is 2.62. The third-order valence-electron chi connectivity index (χ3n) is 2.98. The molecule has 0 aliphatic carbocycles. The van der Waals surface area contributed by atoms with Gasteiger partial charge >= 0.3 is 0 Å². The van der Waals surface area contributed by atoms with E-state index in [4.69, 9.17) is 0 Å². The Morgan fingerprint density at radius 3 is 2.27 bits per heavy atom. The first-order valence-electron chi connectivity index (χ1n) is 6.01. The summed E-state index contributed by atoms with van der Waals surface area (Å²) in [5.41, 5.74) is 2.67. The average molecular weight is 206 g/mol. The van der Waals surface area contributed by atoms with Crippen molar-refractivity contribution in [3.05, 3.63) is 35.4 Å². The number of aliphatic hydroxyl groups is 1. The Labute approximate surface area is 93.1 Å². The molecule has 1 heteroatoms. The van der Waals surface area contributed by atoms with Gasteiger partial charge in [0.1, 0.15) is 0 Å². The zero-order valence-corrected chi connectivity index (χ0v) is 9.87. The highest BCUT2D eigenvalue weighted by molar-refractivity contribution is 5.25. The topological polar surface area (TPSA) is 20.2 Å². The molecule has 0 saturated heterocycles. The maximum atomic E-state index is 9.19. The van der Waals surface area contributed by atoms with E-state index < -0.39 is 0 Å². The van der Waals surface area contributed by atoms with Crippen molar-refractivity contribution >= 4 is 0 Å². The third-order valence-corrected chi connectivity index (χ3v) is 2.98. The minimum absolute atomic E-state index is 0.255. The minimum atomic E-state index is 0.255. The zero-order chi connectivity index (χ0) is 11.1. The van der Waals surface area contributed by atoms with Crippen molar-refractivity contribution in [1.29, 1.82) is 0 Å². The molecule has 1 unspecified atom stereocenters. The van der Waals surface area contributed by atoms with Crippen molar-refractivity contribution in [1.82, 2.24) is 0 Å². The molecule has 0 bridgehead atoms. The van der Waals surface area contributed by atoms with Gasteiger partial charge in [-0.2, -0.15) is 0 Å². The van der Waals surface area contributed by atoms with Crippen LogP contribution in [0.2, 0.25) is 0 Å². The van der Waals surface area contributed by atoms with Gasteiger partial charge in [0.15, 0.2) is 0 Å². The van der Waals surface area contributed by atoms with Gasteiger partial charge in [-0.15, -0.1) is 0 Å². The fourth-order valence-corrected chi connectivity index (χ4v) is 1.81. The van der Waals surface area contributed by atoms with Gasteiger partial charge < -0.3 is 5.11 Å². The molecule has 0 aliphatic rings. The minimum Gasteiger partial charge on any atom is -0.396 e. The van der Waals surface area contributed by atoms with E-state index in [0.717, 1.165) is 6.42 Å². The lowest BCUT2D eigenvalue weighted by Crippen LogP contribution is -2.02. The molecule has 0 fully saturated rings. The Bertz CT molecular complexity index is 259. The van der Waals surface area contributed by atoms with E-state index in [0.29, 0.717) is 5.92 Å². The number of aliphatic hydroxyl groups excluding tert-OH is 1. The molecule has 84 valence electrons. The molecule has 15 heavy (non-hydrogen) atoms. The van der Waals surface area contributed by atoms with Crippen molar-refractivity contribution < 1.29 is 5.11 Å². The summed E-state index contributed by atoms with van der Waals surface area (Å²) in [5, 5.41) is 9.19. The fraction of sp³-hybridized carbons (Fsp3) is 0.571. The van der Waals surface area contributed by atoms with E-state index in [1.165, 1.54) is 30.4 Å². The Morgan fingerprint density at radius 2 is 1.80 bits per heavy atom. The van der Waals surface area contributed by atoms with Crippen LogP contribution in [0.25, 0.3) is 0 Å². The van der Waals surface area contributed by atoms with Gasteiger partial charge in [-0.3, -0.25) is 0 Å². The molecule has 0 aliphatic heterocycles. The largest absolute Gasteiger partial charge is 0.396 e. The highest BCUT2D eigenvalue weighted by Gasteiger charge is 2.06. The first-order valence-corrected chi connectivity index (χ1v) is 6.01. The molecule has 0 radical (unpaired) electrons. The Kier molecular flexibility index (Phi) is 5.41. The van der Waals surface area contributed by atoms with Gasteiger partial charge in [-0.05, 0) is 30.4 Å². The second kappa shape index (κ2) is 6.62. The van der Waals surface area contributed by atoms with Gasteiger partial charge in [0, 0.05) is 12.5 Å². The zero-order valence-electron chi connectivity index (χ0n) is 9.87.